The first-order valence-corrected chi connectivity index (χ1v) is 47.1. The van der Waals surface area contributed by atoms with Crippen molar-refractivity contribution >= 4 is 146 Å². The van der Waals surface area contributed by atoms with Crippen molar-refractivity contribution in [1.82, 2.24) is 87.6 Å². The highest BCUT2D eigenvalue weighted by Crippen LogP contribution is 2.30. The van der Waals surface area contributed by atoms with Gasteiger partial charge in [0.05, 0.1) is 43.4 Å². The molecule has 3 saturated heterocycles. The zero-order valence-corrected chi connectivity index (χ0v) is 78.7. The van der Waals surface area contributed by atoms with E-state index >= 15 is 38.4 Å². The van der Waals surface area contributed by atoms with E-state index in [2.05, 4.69) is 68.1 Å². The minimum Gasteiger partial charge on any atom is -0.508 e. The van der Waals surface area contributed by atoms with E-state index in [1.54, 1.807) is 81.0 Å². The molecule has 3 fully saturated rings. The van der Waals surface area contributed by atoms with Crippen molar-refractivity contribution in [3.8, 4) is 5.75 Å². The molecule has 42 nitrogen and oxygen atoms in total. The Morgan fingerprint density at radius 3 is 1.74 bits per heavy atom. The van der Waals surface area contributed by atoms with Crippen LogP contribution in [0.25, 0.3) is 21.8 Å². The maximum atomic E-state index is 15.8. The molecular formula is C93H129N21O21S. The van der Waals surface area contributed by atoms with Crippen LogP contribution in [0.1, 0.15) is 154 Å². The number of rotatable bonds is 26. The predicted molar refractivity (Wildman–Crippen MR) is 503 cm³/mol. The molecular weight excluding hydrogens is 1780 g/mol. The van der Waals surface area contributed by atoms with Crippen molar-refractivity contribution in [1.29, 1.82) is 5.41 Å². The first-order valence-electron chi connectivity index (χ1n) is 46.0. The Hall–Kier alpha value is -13.3. The third-order valence-electron chi connectivity index (χ3n) is 24.8. The number of hydrogen-bond acceptors (Lipinski definition) is 23. The highest BCUT2D eigenvalue weighted by Gasteiger charge is 2.47. The molecule has 0 radical (unpaired) electrons. The van der Waals surface area contributed by atoms with E-state index in [0.29, 0.717) is 69.8 Å². The number of likely N-dealkylation sites (N-methyl/N-ethyl adjacent to an activating group) is 3. The van der Waals surface area contributed by atoms with Crippen LogP contribution in [-0.2, 0) is 101 Å². The second kappa shape index (κ2) is 50.9. The van der Waals surface area contributed by atoms with Crippen LogP contribution in [-0.4, -0.2) is 318 Å². The summed E-state index contributed by atoms with van der Waals surface area (Å²) in [6.45, 7) is 6.07. The summed E-state index contributed by atoms with van der Waals surface area (Å²) in [5, 5.41) is 79.0. The van der Waals surface area contributed by atoms with Gasteiger partial charge in [0.2, 0.25) is 88.6 Å². The molecule has 4 aliphatic rings. The van der Waals surface area contributed by atoms with Crippen molar-refractivity contribution in [2.24, 2.45) is 28.3 Å². The molecule has 2 aromatic heterocycles. The molecule has 21 N–H and O–H groups in total. The quantitative estimate of drug-likeness (QED) is 0.0189. The van der Waals surface area contributed by atoms with E-state index in [-0.39, 0.29) is 108 Å². The Morgan fingerprint density at radius 1 is 0.596 bits per heavy atom. The van der Waals surface area contributed by atoms with Gasteiger partial charge in [-0.3, -0.25) is 91.9 Å². The molecule has 6 heterocycles. The summed E-state index contributed by atoms with van der Waals surface area (Å²) in [5.41, 5.74) is 14.3. The number of phenols is 1. The number of aliphatic hydroxyl groups excluding tert-OH is 2. The Labute approximate surface area is 791 Å². The number of nitrogens with one attached hydrogen (secondary N) is 13. The van der Waals surface area contributed by atoms with Crippen LogP contribution < -0.4 is 64.6 Å². The van der Waals surface area contributed by atoms with Gasteiger partial charge in [0.25, 0.3) is 0 Å². The van der Waals surface area contributed by atoms with Gasteiger partial charge in [-0.25, -0.2) is 0 Å². The number of fused-ring (bicyclic) bond motifs is 4. The van der Waals surface area contributed by atoms with Gasteiger partial charge in [-0.05, 0) is 111 Å². The Bertz CT molecular complexity index is 5220. The lowest BCUT2D eigenvalue weighted by Gasteiger charge is -2.36. The minimum atomic E-state index is -1.89. The maximum Gasteiger partial charge on any atom is 0.304 e. The maximum absolute atomic E-state index is 15.8. The number of guanidine groups is 1. The number of thioether (sulfide) groups is 1. The SMILES string of the molecule is CCCC[C@H]1C(=O)N(C)[C@@H](CCCC)C(=O)N[C@@H](CCCNC(=N)N)C(=O)N[C@H](C(=O)NCC(N)=O)CSCC(=O)N[C@@H](Cc2ccc(O)cc2)C(=O)N(C)[C@H](C)C(=O)C[C@@H](CC(=O)O)C(=O)N2CCC[C@H]2C(=O)N[C@@H](CC2=CN=CC2)C(=O)N[C@@H](CC(C)C)C(=O)N2C[C@H](O)C[C@H]2C(=O)N[C@@H](Cc2c[nH]c3ccccc23)C(=O)N[C@@H](CO)C(=O)N[C@@H](Cc2c[nH]c3ccccc23)C(=O)N1C. The van der Waals surface area contributed by atoms with Crippen LogP contribution >= 0.6 is 11.8 Å². The number of carbonyl (C=O) groups excluding carboxylic acids is 16. The number of aliphatic hydroxyl groups is 2. The van der Waals surface area contributed by atoms with E-state index in [1.165, 1.54) is 58.5 Å². The number of aliphatic imine (C=N–C) groups is 1. The van der Waals surface area contributed by atoms with Gasteiger partial charge in [0, 0.05) is 132 Å². The second-order valence-electron chi connectivity index (χ2n) is 35.5. The van der Waals surface area contributed by atoms with Gasteiger partial charge in [-0.15, -0.1) is 11.8 Å². The summed E-state index contributed by atoms with van der Waals surface area (Å²) in [4.78, 5) is 267. The molecule has 9 rings (SSSR count). The number of aliphatic carboxylic acids is 1. The molecule has 0 unspecified atom stereocenters. The van der Waals surface area contributed by atoms with Crippen LogP contribution in [0.2, 0.25) is 0 Å². The van der Waals surface area contributed by atoms with Gasteiger partial charge in [0.15, 0.2) is 11.7 Å². The lowest BCUT2D eigenvalue weighted by molar-refractivity contribution is -0.149. The molecule has 136 heavy (non-hydrogen) atoms. The number of nitrogens with two attached hydrogens (primary N) is 2. The zero-order valence-electron chi connectivity index (χ0n) is 77.8. The lowest BCUT2D eigenvalue weighted by atomic mass is 9.93. The topological polar surface area (TPSA) is 627 Å². The van der Waals surface area contributed by atoms with Crippen molar-refractivity contribution in [3.05, 3.63) is 114 Å². The predicted octanol–water partition coefficient (Wildman–Crippen LogP) is -0.456. The summed E-state index contributed by atoms with van der Waals surface area (Å²) in [6.07, 6.45) is 3.50. The molecule has 43 heteroatoms. The van der Waals surface area contributed by atoms with E-state index in [1.807, 2.05) is 13.8 Å². The number of aromatic nitrogens is 2. The summed E-state index contributed by atoms with van der Waals surface area (Å²) < 4.78 is 0. The molecule has 738 valence electrons. The van der Waals surface area contributed by atoms with Crippen molar-refractivity contribution in [2.45, 2.75) is 241 Å². The summed E-state index contributed by atoms with van der Waals surface area (Å²) in [5.74, 6) is -19.8. The van der Waals surface area contributed by atoms with E-state index in [4.69, 9.17) is 16.9 Å². The number of carboxylic acids is 1. The van der Waals surface area contributed by atoms with Gasteiger partial charge >= 0.3 is 5.97 Å². The number of hydrogen-bond donors (Lipinski definition) is 19. The van der Waals surface area contributed by atoms with Gasteiger partial charge in [-0.1, -0.05) is 102 Å². The van der Waals surface area contributed by atoms with Crippen LogP contribution in [0.15, 0.2) is 102 Å². The average Bonchev–Trinajstić information content (AvgIpc) is 1.53. The number of aromatic hydroxyl groups is 1. The fourth-order valence-corrected chi connectivity index (χ4v) is 18.1. The van der Waals surface area contributed by atoms with E-state index in [9.17, 15) is 63.6 Å². The number of H-pyrrole nitrogens is 2. The van der Waals surface area contributed by atoms with E-state index in [0.717, 1.165) is 36.3 Å². The third kappa shape index (κ3) is 29.6. The molecule has 5 aromatic rings. The van der Waals surface area contributed by atoms with Crippen LogP contribution in [0, 0.1) is 17.2 Å². The smallest absolute Gasteiger partial charge is 0.304 e. The summed E-state index contributed by atoms with van der Waals surface area (Å²) in [6, 6.07) is -0.282. The molecule has 3 aromatic carbocycles. The third-order valence-corrected chi connectivity index (χ3v) is 25.8. The largest absolute Gasteiger partial charge is 0.508 e. The van der Waals surface area contributed by atoms with Gasteiger partial charge < -0.3 is 120 Å². The number of primary amides is 1. The standard InChI is InChI=1S/C93H129N21O21S/c1-9-11-24-72-85(128)103-64(23-17-32-98-93(95)96)81(124)109-71(80(123)101-46-77(94)119)49-136-50-78(120)102-68(36-53-27-29-58(116)30-28-53)89(132)110(6)52(5)76(118)40-55(41-79(121)122)88(131)113-34-18-26-73(113)86(129)104-65(37-54-31-33-97-43-54)82(125)106-67(35-51(3)4)91(134)114-47-59(117)42-75(114)87(130)105-66(38-56-44-99-62-21-15-13-19-60(56)62)83(126)108-70(48-115)84(127)107-69(39-57-45-100-63-22-16-14-20-61(57)63)90(133)112(8)74(25-12-10-2)92(135)111(72)7/h13-16,19-22,27-30,33,43-45,51-52,55,59,64-75,99-100,115-117H,9-12,17-18,23-26,31-32,34-42,46-50H2,1-8H3,(H2,94,119)(H,101,123)(H,102,120)(H,103,128)(H,104,129)(H,105,130)(H,106,125)(H,107,127)(H,108,126)(H,109,124)(H,121,122)(H4,95,96,98)/t52-,55+,59-,64+,65+,66+,67+,68+,69+,70+,71+,72+,73+,74+,75+/m1/s1. The lowest BCUT2D eigenvalue weighted by Crippen LogP contribution is -2.61. The normalized spacial score (nSPS) is 25.2. The number of para-hydroxylation sites is 2. The Kier molecular flexibility index (Phi) is 39.8. The Balaban J connectivity index is 1.10. The Morgan fingerprint density at radius 2 is 1.15 bits per heavy atom. The number of benzene rings is 3. The number of amides is 15. The molecule has 4 aliphatic heterocycles. The van der Waals surface area contributed by atoms with Crippen molar-refractivity contribution in [2.75, 3.05) is 65.4 Å². The van der Waals surface area contributed by atoms with Crippen LogP contribution in [0.5, 0.6) is 5.75 Å². The minimum absolute atomic E-state index is 0.00747. The molecule has 0 bridgehead atoms. The zero-order chi connectivity index (χ0) is 99.3. The number of Topliss-reactive ketones (excluding diaryl/α,β-unsaturated/α-hetero) is 1. The van der Waals surface area contributed by atoms with E-state index < -0.39 is 241 Å². The second-order valence-corrected chi connectivity index (χ2v) is 36.5. The average molecular weight is 1910 g/mol. The molecule has 0 spiro atoms. The molecule has 0 saturated carbocycles. The van der Waals surface area contributed by atoms with Gasteiger partial charge in [-0.2, -0.15) is 0 Å². The van der Waals surface area contributed by atoms with Crippen molar-refractivity contribution in [3.63, 3.8) is 0 Å². The fraction of sp³-hybridized carbons (Fsp3) is 0.538. The first-order chi connectivity index (χ1) is 64.8. The number of carboxylic acid groups (broad SMARTS) is 1. The van der Waals surface area contributed by atoms with Crippen molar-refractivity contribution < 1.29 is 102 Å². The van der Waals surface area contributed by atoms with Gasteiger partial charge in [0.1, 0.15) is 78.3 Å². The number of aromatic amines is 2. The number of ketones is 1. The summed E-state index contributed by atoms with van der Waals surface area (Å²) >= 11 is 0.762. The first kappa shape index (κ1) is 106. The van der Waals surface area contributed by atoms with Crippen LogP contribution in [0.4, 0.5) is 0 Å². The number of nitrogens with zero attached hydrogens (tertiary/aromatic N) is 6. The molecule has 0 aliphatic carbocycles. The summed E-state index contributed by atoms with van der Waals surface area (Å²) in [7, 11) is 3.92. The highest BCUT2D eigenvalue weighted by atomic mass is 32.2. The number of carbonyl (C=O) groups is 17. The fourth-order valence-electron chi connectivity index (χ4n) is 17.2. The number of unbranched alkanes of at least 4 members (excludes halogenated alkanes) is 2. The molecule has 15 atom stereocenters. The van der Waals surface area contributed by atoms with Crippen LogP contribution in [0.3, 0.4) is 0 Å². The monoisotopic (exact) mass is 1910 g/mol. The number of phenolic OH excluding ortho intramolecular Hbond substituents is 1. The molecule has 15 amide bonds. The highest BCUT2D eigenvalue weighted by molar-refractivity contribution is 8.00.